The van der Waals surface area contributed by atoms with Gasteiger partial charge < -0.3 is 10.4 Å². The second kappa shape index (κ2) is 6.44. The average Bonchev–Trinajstić information content (AvgIpc) is 2.53. The number of aromatic nitrogens is 2. The average molecular weight is 299 g/mol. The minimum absolute atomic E-state index is 0.226. The Balaban J connectivity index is 2.57. The van der Waals surface area contributed by atoms with Gasteiger partial charge >= 0.3 is 5.97 Å². The highest BCUT2D eigenvalue weighted by molar-refractivity contribution is 5.84. The summed E-state index contributed by atoms with van der Waals surface area (Å²) in [4.78, 5) is 22.9. The van der Waals surface area contributed by atoms with E-state index in [0.717, 1.165) is 16.8 Å². The van der Waals surface area contributed by atoms with Crippen molar-refractivity contribution in [1.29, 1.82) is 5.53 Å². The molecule has 8 nitrogen and oxygen atoms in total. The predicted octanol–water partition coefficient (Wildman–Crippen LogP) is 1.48. The molecule has 0 aliphatic rings. The monoisotopic (exact) mass is 299 g/mol. The Bertz CT molecular complexity index is 810. The van der Waals surface area contributed by atoms with Gasteiger partial charge in [-0.1, -0.05) is 12.1 Å². The predicted molar refractivity (Wildman–Crippen MR) is 79.0 cm³/mol. The Kier molecular flexibility index (Phi) is 4.42. The Labute approximate surface area is 125 Å². The topological polar surface area (TPSA) is 120 Å². The van der Waals surface area contributed by atoms with Crippen molar-refractivity contribution < 1.29 is 9.90 Å². The van der Waals surface area contributed by atoms with E-state index in [9.17, 15) is 9.59 Å². The third-order valence-corrected chi connectivity index (χ3v) is 2.88. The van der Waals surface area contributed by atoms with Crippen LogP contribution in [0.2, 0.25) is 0 Å². The lowest BCUT2D eigenvalue weighted by molar-refractivity contribution is 0.0688. The lowest BCUT2D eigenvalue weighted by atomic mass is 10.1. The van der Waals surface area contributed by atoms with Crippen molar-refractivity contribution in [2.75, 3.05) is 7.05 Å². The lowest BCUT2D eigenvalue weighted by Gasteiger charge is -2.09. The van der Waals surface area contributed by atoms with Gasteiger partial charge in [-0.3, -0.25) is 4.79 Å². The molecule has 0 aliphatic carbocycles. The molecule has 0 fully saturated rings. The summed E-state index contributed by atoms with van der Waals surface area (Å²) in [6.07, 6.45) is 1.32. The molecule has 2 aromatic rings. The number of nitrogens with one attached hydrogen (secondary N) is 2. The fraction of sp³-hybridized carbons (Fsp3) is 0.0714. The number of carbonyl (C=O) groups is 1. The maximum Gasteiger partial charge on any atom is 0.356 e. The van der Waals surface area contributed by atoms with Crippen molar-refractivity contribution in [1.82, 2.24) is 15.1 Å². The molecule has 0 saturated heterocycles. The first-order chi connectivity index (χ1) is 10.6. The summed E-state index contributed by atoms with van der Waals surface area (Å²) in [5.41, 5.74) is 7.90. The van der Waals surface area contributed by atoms with E-state index in [-0.39, 0.29) is 5.69 Å². The molecule has 2 rings (SSSR count). The van der Waals surface area contributed by atoms with Gasteiger partial charge in [-0.15, -0.1) is 0 Å². The third-order valence-electron chi connectivity index (χ3n) is 2.88. The van der Waals surface area contributed by atoms with Crippen molar-refractivity contribution >= 4 is 11.7 Å². The van der Waals surface area contributed by atoms with Crippen LogP contribution in [0.25, 0.3) is 11.4 Å². The number of carboxylic acids is 1. The van der Waals surface area contributed by atoms with Crippen LogP contribution in [-0.4, -0.2) is 27.9 Å². The summed E-state index contributed by atoms with van der Waals surface area (Å²) in [6.45, 7) is 0. The Morgan fingerprint density at radius 2 is 2.18 bits per heavy atom. The number of hydrogen-bond acceptors (Lipinski definition) is 6. The number of benzene rings is 1. The zero-order chi connectivity index (χ0) is 16.1. The van der Waals surface area contributed by atoms with E-state index in [1.807, 2.05) is 0 Å². The van der Waals surface area contributed by atoms with Crippen LogP contribution in [0, 0.1) is 5.53 Å². The maximum absolute atomic E-state index is 11.9. The van der Waals surface area contributed by atoms with E-state index in [2.05, 4.69) is 15.5 Å². The van der Waals surface area contributed by atoms with Crippen LogP contribution >= 0.6 is 0 Å². The van der Waals surface area contributed by atoms with Gasteiger partial charge in [0.2, 0.25) is 0 Å². The molecule has 0 amide bonds. The minimum Gasteiger partial charge on any atom is -0.476 e. The van der Waals surface area contributed by atoms with Gasteiger partial charge in [-0.05, 0) is 18.2 Å². The SMILES string of the molecule is CN/C(=C\N=N)c1cccc(-n2nc(C(=O)O)ccc2=O)c1. The van der Waals surface area contributed by atoms with E-state index >= 15 is 0 Å². The molecule has 1 aromatic heterocycles. The first-order valence-electron chi connectivity index (χ1n) is 6.26. The standard InChI is InChI=1S/C14H13N5O3/c1-16-12(8-17-15)9-3-2-4-10(7-9)19-13(20)6-5-11(18-19)14(21)22/h2-8,15-16H,1H3,(H,21,22)/b12-8-,17-15?. The van der Waals surface area contributed by atoms with Crippen molar-refractivity contribution in [3.8, 4) is 5.69 Å². The van der Waals surface area contributed by atoms with Crippen molar-refractivity contribution in [3.05, 3.63) is 64.2 Å². The van der Waals surface area contributed by atoms with Crippen LogP contribution in [0.15, 0.2) is 52.5 Å². The summed E-state index contributed by atoms with van der Waals surface area (Å²) in [7, 11) is 1.68. The van der Waals surface area contributed by atoms with Gasteiger partial charge in [0.15, 0.2) is 5.69 Å². The number of nitrogens with zero attached hydrogens (tertiary/aromatic N) is 3. The van der Waals surface area contributed by atoms with Gasteiger partial charge in [-0.2, -0.15) is 14.9 Å². The number of hydrogen-bond donors (Lipinski definition) is 3. The molecular formula is C14H13N5O3. The van der Waals surface area contributed by atoms with E-state index in [4.69, 9.17) is 10.6 Å². The van der Waals surface area contributed by atoms with E-state index < -0.39 is 11.5 Å². The zero-order valence-electron chi connectivity index (χ0n) is 11.6. The first kappa shape index (κ1) is 15.1. The van der Waals surface area contributed by atoms with Gasteiger partial charge in [0.05, 0.1) is 17.6 Å². The van der Waals surface area contributed by atoms with E-state index in [1.165, 1.54) is 6.20 Å². The molecule has 0 aliphatic heterocycles. The van der Waals surface area contributed by atoms with Crippen molar-refractivity contribution in [2.45, 2.75) is 0 Å². The second-order valence-electron chi connectivity index (χ2n) is 4.25. The summed E-state index contributed by atoms with van der Waals surface area (Å²) in [5, 5.41) is 18.9. The normalized spacial score (nSPS) is 11.0. The molecule has 0 radical (unpaired) electrons. The van der Waals surface area contributed by atoms with Crippen molar-refractivity contribution in [2.24, 2.45) is 5.11 Å². The van der Waals surface area contributed by atoms with Crippen molar-refractivity contribution in [3.63, 3.8) is 0 Å². The van der Waals surface area contributed by atoms with Gasteiger partial charge in [-0.25, -0.2) is 10.3 Å². The zero-order valence-corrected chi connectivity index (χ0v) is 11.6. The summed E-state index contributed by atoms with van der Waals surface area (Å²) >= 11 is 0. The fourth-order valence-corrected chi connectivity index (χ4v) is 1.86. The highest BCUT2D eigenvalue weighted by Crippen LogP contribution is 2.15. The van der Waals surface area contributed by atoms with E-state index in [1.54, 1.807) is 31.3 Å². The fourth-order valence-electron chi connectivity index (χ4n) is 1.86. The smallest absolute Gasteiger partial charge is 0.356 e. The summed E-state index contributed by atoms with van der Waals surface area (Å²) in [6, 6.07) is 9.05. The van der Waals surface area contributed by atoms with Crippen LogP contribution in [-0.2, 0) is 0 Å². The molecule has 1 heterocycles. The molecule has 3 N–H and O–H groups in total. The number of rotatable bonds is 5. The van der Waals surface area contributed by atoms with Crippen LogP contribution in [0.1, 0.15) is 16.1 Å². The summed E-state index contributed by atoms with van der Waals surface area (Å²) in [5.74, 6) is -1.21. The quantitative estimate of drug-likeness (QED) is 0.722. The Morgan fingerprint density at radius 3 is 2.82 bits per heavy atom. The molecule has 8 heteroatoms. The van der Waals surface area contributed by atoms with Gasteiger partial charge in [0, 0.05) is 18.7 Å². The van der Waals surface area contributed by atoms with E-state index in [0.29, 0.717) is 16.9 Å². The van der Waals surface area contributed by atoms with Gasteiger partial charge in [0.25, 0.3) is 5.56 Å². The van der Waals surface area contributed by atoms with Gasteiger partial charge in [0.1, 0.15) is 0 Å². The number of carboxylic acid groups (broad SMARTS) is 1. The minimum atomic E-state index is -1.21. The molecule has 112 valence electrons. The lowest BCUT2D eigenvalue weighted by Crippen LogP contribution is -2.22. The molecule has 0 spiro atoms. The van der Waals surface area contributed by atoms with Crippen LogP contribution in [0.3, 0.4) is 0 Å². The highest BCUT2D eigenvalue weighted by atomic mass is 16.4. The molecule has 0 saturated carbocycles. The second-order valence-corrected chi connectivity index (χ2v) is 4.25. The Morgan fingerprint density at radius 1 is 1.41 bits per heavy atom. The molecule has 0 bridgehead atoms. The highest BCUT2D eigenvalue weighted by Gasteiger charge is 2.09. The summed E-state index contributed by atoms with van der Waals surface area (Å²) < 4.78 is 1.01. The van der Waals surface area contributed by atoms with Crippen LogP contribution < -0.4 is 10.9 Å². The largest absolute Gasteiger partial charge is 0.476 e. The molecule has 22 heavy (non-hydrogen) atoms. The number of aromatic carboxylic acids is 1. The maximum atomic E-state index is 11.9. The molecular weight excluding hydrogens is 286 g/mol. The Hall–Kier alpha value is -3.29. The van der Waals surface area contributed by atoms with Crippen LogP contribution in [0.4, 0.5) is 0 Å². The molecule has 0 unspecified atom stereocenters. The first-order valence-corrected chi connectivity index (χ1v) is 6.26. The van der Waals surface area contributed by atoms with Crippen LogP contribution in [0.5, 0.6) is 0 Å². The molecule has 0 atom stereocenters. The third kappa shape index (κ3) is 3.06. The molecule has 1 aromatic carbocycles.